The number of nitrogens with zero attached hydrogens (tertiary/aromatic N) is 1. The number of carbonyl (C=O) groups excluding carboxylic acids is 1. The summed E-state index contributed by atoms with van der Waals surface area (Å²) in [7, 11) is 0. The Hall–Kier alpha value is -1.68. The van der Waals surface area contributed by atoms with Crippen molar-refractivity contribution in [2.45, 2.75) is 27.7 Å². The van der Waals surface area contributed by atoms with Crippen molar-refractivity contribution in [1.82, 2.24) is 4.98 Å². The zero-order chi connectivity index (χ0) is 13.3. The second-order valence-electron chi connectivity index (χ2n) is 4.49. The van der Waals surface area contributed by atoms with Crippen LogP contribution in [0.15, 0.2) is 17.5 Å². The van der Waals surface area contributed by atoms with E-state index in [2.05, 4.69) is 43.2 Å². The molecule has 0 aliphatic carbocycles. The molecule has 0 unspecified atom stereocenters. The highest BCUT2D eigenvalue weighted by molar-refractivity contribution is 7.14. The number of benzene rings is 1. The van der Waals surface area contributed by atoms with Gasteiger partial charge in [-0.15, -0.1) is 11.3 Å². The summed E-state index contributed by atoms with van der Waals surface area (Å²) in [5, 5.41) is 5.84. The van der Waals surface area contributed by atoms with E-state index >= 15 is 0 Å². The summed E-state index contributed by atoms with van der Waals surface area (Å²) in [6.07, 6.45) is 0. The number of aryl methyl sites for hydroxylation is 3. The molecule has 18 heavy (non-hydrogen) atoms. The zero-order valence-electron chi connectivity index (χ0n) is 11.0. The van der Waals surface area contributed by atoms with Gasteiger partial charge in [0.05, 0.1) is 0 Å². The van der Waals surface area contributed by atoms with Crippen molar-refractivity contribution < 1.29 is 4.79 Å². The van der Waals surface area contributed by atoms with E-state index in [-0.39, 0.29) is 5.78 Å². The third-order valence-corrected chi connectivity index (χ3v) is 3.53. The highest BCUT2D eigenvalue weighted by Gasteiger charge is 2.09. The van der Waals surface area contributed by atoms with Crippen molar-refractivity contribution in [3.8, 4) is 0 Å². The van der Waals surface area contributed by atoms with E-state index < -0.39 is 0 Å². The first kappa shape index (κ1) is 12.8. The predicted molar refractivity (Wildman–Crippen MR) is 76.1 cm³/mol. The molecule has 2 rings (SSSR count). The summed E-state index contributed by atoms with van der Waals surface area (Å²) in [5.74, 6) is -0.00310. The van der Waals surface area contributed by atoms with Crippen molar-refractivity contribution in [3.63, 3.8) is 0 Å². The summed E-state index contributed by atoms with van der Waals surface area (Å²) >= 11 is 1.45. The molecule has 0 spiro atoms. The SMILES string of the molecule is CC(=O)c1csc(Nc2c(C)cc(C)cc2C)n1. The Morgan fingerprint density at radius 1 is 1.22 bits per heavy atom. The Kier molecular flexibility index (Phi) is 3.48. The number of thiazole rings is 1. The molecule has 0 saturated carbocycles. The molecule has 1 aromatic heterocycles. The van der Waals surface area contributed by atoms with Gasteiger partial charge in [0.15, 0.2) is 10.9 Å². The van der Waals surface area contributed by atoms with Crippen molar-refractivity contribution in [3.05, 3.63) is 39.9 Å². The molecule has 0 aliphatic heterocycles. The molecule has 3 nitrogen and oxygen atoms in total. The lowest BCUT2D eigenvalue weighted by atomic mass is 10.1. The molecule has 4 heteroatoms. The van der Waals surface area contributed by atoms with Gasteiger partial charge in [0, 0.05) is 18.0 Å². The molecule has 1 heterocycles. The first-order chi connectivity index (χ1) is 8.47. The molecule has 0 bridgehead atoms. The van der Waals surface area contributed by atoms with Crippen molar-refractivity contribution in [2.24, 2.45) is 0 Å². The summed E-state index contributed by atoms with van der Waals surface area (Å²) in [6, 6.07) is 4.27. The second-order valence-corrected chi connectivity index (χ2v) is 5.35. The van der Waals surface area contributed by atoms with Crippen LogP contribution in [0.4, 0.5) is 10.8 Å². The van der Waals surface area contributed by atoms with Crippen LogP contribution in [0, 0.1) is 20.8 Å². The van der Waals surface area contributed by atoms with Gasteiger partial charge in [-0.05, 0) is 31.9 Å². The summed E-state index contributed by atoms with van der Waals surface area (Å²) in [6.45, 7) is 7.76. The third kappa shape index (κ3) is 2.59. The predicted octanol–water partition coefficient (Wildman–Crippen LogP) is 4.01. The Morgan fingerprint density at radius 3 is 2.33 bits per heavy atom. The van der Waals surface area contributed by atoms with E-state index in [1.807, 2.05) is 0 Å². The van der Waals surface area contributed by atoms with Crippen LogP contribution in [0.2, 0.25) is 0 Å². The molecular weight excluding hydrogens is 244 g/mol. The summed E-state index contributed by atoms with van der Waals surface area (Å²) in [5.41, 5.74) is 5.22. The van der Waals surface area contributed by atoms with E-state index in [9.17, 15) is 4.79 Å². The standard InChI is InChI=1S/C14H16N2OS/c1-8-5-9(2)13(10(3)6-8)16-14-15-12(7-18-14)11(4)17/h5-7H,1-4H3,(H,15,16). The lowest BCUT2D eigenvalue weighted by Gasteiger charge is -2.11. The van der Waals surface area contributed by atoms with Gasteiger partial charge in [-0.25, -0.2) is 4.98 Å². The average molecular weight is 260 g/mol. The van der Waals surface area contributed by atoms with Gasteiger partial charge in [-0.3, -0.25) is 4.79 Å². The van der Waals surface area contributed by atoms with Crippen LogP contribution in [0.1, 0.15) is 34.1 Å². The molecule has 1 aromatic carbocycles. The van der Waals surface area contributed by atoms with Gasteiger partial charge in [0.1, 0.15) is 5.69 Å². The highest BCUT2D eigenvalue weighted by atomic mass is 32.1. The van der Waals surface area contributed by atoms with Gasteiger partial charge in [0.25, 0.3) is 0 Å². The summed E-state index contributed by atoms with van der Waals surface area (Å²) < 4.78 is 0. The number of aromatic nitrogens is 1. The fourth-order valence-electron chi connectivity index (χ4n) is 1.98. The minimum absolute atomic E-state index is 0.00310. The number of carbonyl (C=O) groups is 1. The van der Waals surface area contributed by atoms with Crippen molar-refractivity contribution in [2.75, 3.05) is 5.32 Å². The third-order valence-electron chi connectivity index (χ3n) is 2.77. The maximum absolute atomic E-state index is 11.2. The molecule has 0 atom stereocenters. The molecule has 0 fully saturated rings. The van der Waals surface area contributed by atoms with Crippen LogP contribution in [-0.4, -0.2) is 10.8 Å². The number of anilines is 2. The lowest BCUT2D eigenvalue weighted by Crippen LogP contribution is -1.98. The molecule has 0 aliphatic rings. The minimum atomic E-state index is -0.00310. The first-order valence-electron chi connectivity index (χ1n) is 5.78. The van der Waals surface area contributed by atoms with Gasteiger partial charge < -0.3 is 5.32 Å². The van der Waals surface area contributed by atoms with Crippen molar-refractivity contribution in [1.29, 1.82) is 0 Å². The fourth-order valence-corrected chi connectivity index (χ4v) is 2.73. The van der Waals surface area contributed by atoms with Crippen LogP contribution >= 0.6 is 11.3 Å². The topological polar surface area (TPSA) is 42.0 Å². The molecule has 94 valence electrons. The largest absolute Gasteiger partial charge is 0.331 e. The molecule has 0 saturated heterocycles. The van der Waals surface area contributed by atoms with Crippen LogP contribution in [0.5, 0.6) is 0 Å². The van der Waals surface area contributed by atoms with E-state index in [4.69, 9.17) is 0 Å². The Bertz CT molecular complexity index is 579. The number of rotatable bonds is 3. The van der Waals surface area contributed by atoms with E-state index in [0.717, 1.165) is 10.8 Å². The molecular formula is C14H16N2OS. The van der Waals surface area contributed by atoms with Gasteiger partial charge >= 0.3 is 0 Å². The van der Waals surface area contributed by atoms with Crippen LogP contribution in [-0.2, 0) is 0 Å². The fraction of sp³-hybridized carbons (Fsp3) is 0.286. The van der Waals surface area contributed by atoms with E-state index in [1.54, 1.807) is 5.38 Å². The van der Waals surface area contributed by atoms with Crippen LogP contribution in [0.3, 0.4) is 0 Å². The van der Waals surface area contributed by atoms with Gasteiger partial charge in [-0.1, -0.05) is 17.7 Å². The molecule has 0 radical (unpaired) electrons. The Balaban J connectivity index is 2.31. The minimum Gasteiger partial charge on any atom is -0.331 e. The smallest absolute Gasteiger partial charge is 0.187 e. The summed E-state index contributed by atoms with van der Waals surface area (Å²) in [4.78, 5) is 15.5. The number of ketones is 1. The first-order valence-corrected chi connectivity index (χ1v) is 6.66. The number of hydrogen-bond donors (Lipinski definition) is 1. The molecule has 2 aromatic rings. The van der Waals surface area contributed by atoms with E-state index in [1.165, 1.54) is 35.0 Å². The van der Waals surface area contributed by atoms with Crippen molar-refractivity contribution >= 4 is 27.9 Å². The number of Topliss-reactive ketones (excluding diaryl/α,β-unsaturated/α-hetero) is 1. The quantitative estimate of drug-likeness (QED) is 0.848. The molecule has 0 amide bonds. The monoisotopic (exact) mass is 260 g/mol. The maximum atomic E-state index is 11.2. The van der Waals surface area contributed by atoms with Crippen LogP contribution in [0.25, 0.3) is 0 Å². The van der Waals surface area contributed by atoms with Crippen LogP contribution < -0.4 is 5.32 Å². The maximum Gasteiger partial charge on any atom is 0.187 e. The second kappa shape index (κ2) is 4.90. The Labute approximate surface area is 111 Å². The lowest BCUT2D eigenvalue weighted by molar-refractivity contribution is 0.101. The number of hydrogen-bond acceptors (Lipinski definition) is 4. The Morgan fingerprint density at radius 2 is 1.83 bits per heavy atom. The van der Waals surface area contributed by atoms with Gasteiger partial charge in [-0.2, -0.15) is 0 Å². The van der Waals surface area contributed by atoms with E-state index in [0.29, 0.717) is 5.69 Å². The normalized spacial score (nSPS) is 10.4. The average Bonchev–Trinajstić information content (AvgIpc) is 2.71. The zero-order valence-corrected chi connectivity index (χ0v) is 11.8. The molecule has 1 N–H and O–H groups in total. The highest BCUT2D eigenvalue weighted by Crippen LogP contribution is 2.27. The number of nitrogens with one attached hydrogen (secondary N) is 1. The van der Waals surface area contributed by atoms with Gasteiger partial charge in [0.2, 0.25) is 0 Å².